The second-order valence-corrected chi connectivity index (χ2v) is 3.87. The minimum absolute atomic E-state index is 0.0521. The monoisotopic (exact) mass is 211 g/mol. The van der Waals surface area contributed by atoms with Crippen LogP contribution in [0.15, 0.2) is 16.5 Å². The number of aliphatic hydroxyl groups excluding tert-OH is 1. The third kappa shape index (κ3) is 3.06. The Morgan fingerprint density at radius 2 is 2.07 bits per heavy atom. The van der Waals surface area contributed by atoms with Crippen LogP contribution in [0.1, 0.15) is 37.2 Å². The predicted octanol–water partition coefficient (Wildman–Crippen LogP) is 1.74. The number of rotatable bonds is 5. The summed E-state index contributed by atoms with van der Waals surface area (Å²) in [6.07, 6.45) is 5.18. The number of furan rings is 1. The molecule has 1 aliphatic rings. The first-order valence-electron chi connectivity index (χ1n) is 5.45. The average molecular weight is 211 g/mol. The lowest BCUT2D eigenvalue weighted by Gasteiger charge is -2.10. The summed E-state index contributed by atoms with van der Waals surface area (Å²) in [5.74, 6) is 1.38. The van der Waals surface area contributed by atoms with Gasteiger partial charge in [0.05, 0.1) is 12.6 Å². The molecule has 0 aliphatic heterocycles. The summed E-state index contributed by atoms with van der Waals surface area (Å²) in [6.45, 7) is 0.500. The Balaban J connectivity index is 1.68. The summed E-state index contributed by atoms with van der Waals surface area (Å²) in [7, 11) is 0. The van der Waals surface area contributed by atoms with Crippen molar-refractivity contribution < 1.29 is 14.4 Å². The maximum absolute atomic E-state index is 8.80. The molecule has 1 heterocycles. The highest BCUT2D eigenvalue weighted by atomic mass is 16.7. The third-order valence-corrected chi connectivity index (χ3v) is 2.67. The smallest absolute Gasteiger partial charge is 0.129 e. The van der Waals surface area contributed by atoms with Crippen molar-refractivity contribution in [2.75, 3.05) is 0 Å². The van der Waals surface area contributed by atoms with Crippen molar-refractivity contribution in [1.29, 1.82) is 0 Å². The number of aliphatic hydroxyl groups is 1. The first-order valence-corrected chi connectivity index (χ1v) is 5.45. The summed E-state index contributed by atoms with van der Waals surface area (Å²) >= 11 is 0. The molecule has 2 N–H and O–H groups in total. The molecule has 2 rings (SSSR count). The van der Waals surface area contributed by atoms with Gasteiger partial charge in [0, 0.05) is 0 Å². The minimum Gasteiger partial charge on any atom is -0.462 e. The lowest BCUT2D eigenvalue weighted by atomic mass is 10.3. The van der Waals surface area contributed by atoms with Crippen molar-refractivity contribution >= 4 is 0 Å². The van der Waals surface area contributed by atoms with E-state index in [2.05, 4.69) is 5.48 Å². The van der Waals surface area contributed by atoms with E-state index in [0.717, 1.165) is 18.6 Å². The Hall–Kier alpha value is -0.840. The number of hydrogen-bond acceptors (Lipinski definition) is 4. The van der Waals surface area contributed by atoms with E-state index in [1.54, 1.807) is 6.07 Å². The molecule has 0 bridgehead atoms. The van der Waals surface area contributed by atoms with Gasteiger partial charge in [0.15, 0.2) is 0 Å². The molecule has 84 valence electrons. The summed E-state index contributed by atoms with van der Waals surface area (Å²) in [5.41, 5.74) is 2.91. The highest BCUT2D eigenvalue weighted by molar-refractivity contribution is 5.05. The normalized spacial score (nSPS) is 17.4. The first kappa shape index (κ1) is 10.7. The molecule has 0 amide bonds. The predicted molar refractivity (Wildman–Crippen MR) is 54.8 cm³/mol. The van der Waals surface area contributed by atoms with E-state index in [4.69, 9.17) is 14.4 Å². The summed E-state index contributed by atoms with van der Waals surface area (Å²) in [4.78, 5) is 5.48. The van der Waals surface area contributed by atoms with E-state index < -0.39 is 0 Å². The number of hydroxylamine groups is 1. The van der Waals surface area contributed by atoms with Gasteiger partial charge in [0.25, 0.3) is 0 Å². The standard InChI is InChI=1S/C11H17NO3/c13-8-11-6-5-10(14-11)7-12-15-9-3-1-2-4-9/h5-6,9,12-13H,1-4,7-8H2. The van der Waals surface area contributed by atoms with Crippen LogP contribution in [-0.4, -0.2) is 11.2 Å². The van der Waals surface area contributed by atoms with Gasteiger partial charge in [-0.05, 0) is 25.0 Å². The van der Waals surface area contributed by atoms with E-state index in [1.165, 1.54) is 12.8 Å². The molecule has 0 radical (unpaired) electrons. The molecular weight excluding hydrogens is 194 g/mol. The molecule has 0 spiro atoms. The van der Waals surface area contributed by atoms with Crippen LogP contribution in [0, 0.1) is 0 Å². The van der Waals surface area contributed by atoms with Gasteiger partial charge in [-0.1, -0.05) is 12.8 Å². The molecule has 0 atom stereocenters. The molecule has 1 saturated carbocycles. The Labute approximate surface area is 89.2 Å². The van der Waals surface area contributed by atoms with Crippen LogP contribution in [0.3, 0.4) is 0 Å². The fourth-order valence-electron chi connectivity index (χ4n) is 1.84. The Kier molecular flexibility index (Phi) is 3.77. The molecule has 1 aromatic rings. The van der Waals surface area contributed by atoms with E-state index in [0.29, 0.717) is 18.4 Å². The number of nitrogens with one attached hydrogen (secondary N) is 1. The van der Waals surface area contributed by atoms with Crippen molar-refractivity contribution in [3.8, 4) is 0 Å². The zero-order valence-corrected chi connectivity index (χ0v) is 8.74. The lowest BCUT2D eigenvalue weighted by Crippen LogP contribution is -2.21. The van der Waals surface area contributed by atoms with Gasteiger partial charge >= 0.3 is 0 Å². The SMILES string of the molecule is OCc1ccc(CNOC2CCCC2)o1. The Morgan fingerprint density at radius 1 is 1.33 bits per heavy atom. The molecule has 1 aliphatic carbocycles. The van der Waals surface area contributed by atoms with E-state index in [9.17, 15) is 0 Å². The molecule has 4 nitrogen and oxygen atoms in total. The summed E-state index contributed by atoms with van der Waals surface area (Å²) in [5, 5.41) is 8.80. The third-order valence-electron chi connectivity index (χ3n) is 2.67. The van der Waals surface area contributed by atoms with Crippen LogP contribution in [0.25, 0.3) is 0 Å². The molecule has 1 aromatic heterocycles. The molecular formula is C11H17NO3. The van der Waals surface area contributed by atoms with Crippen LogP contribution < -0.4 is 5.48 Å². The largest absolute Gasteiger partial charge is 0.462 e. The van der Waals surface area contributed by atoms with E-state index >= 15 is 0 Å². The van der Waals surface area contributed by atoms with E-state index in [-0.39, 0.29) is 6.61 Å². The fourth-order valence-corrected chi connectivity index (χ4v) is 1.84. The zero-order valence-electron chi connectivity index (χ0n) is 8.74. The zero-order chi connectivity index (χ0) is 10.5. The molecule has 4 heteroatoms. The molecule has 0 unspecified atom stereocenters. The first-order chi connectivity index (χ1) is 7.38. The van der Waals surface area contributed by atoms with Crippen LogP contribution >= 0.6 is 0 Å². The molecule has 0 aromatic carbocycles. The van der Waals surface area contributed by atoms with Crippen molar-refractivity contribution in [2.45, 2.75) is 44.9 Å². The molecule has 1 fully saturated rings. The quantitative estimate of drug-likeness (QED) is 0.728. The topological polar surface area (TPSA) is 54.6 Å². The maximum atomic E-state index is 8.80. The molecule has 15 heavy (non-hydrogen) atoms. The summed E-state index contributed by atoms with van der Waals surface area (Å²) in [6, 6.07) is 3.61. The van der Waals surface area contributed by atoms with Crippen LogP contribution in [0.4, 0.5) is 0 Å². The van der Waals surface area contributed by atoms with Crippen LogP contribution in [0.5, 0.6) is 0 Å². The summed E-state index contributed by atoms with van der Waals surface area (Å²) < 4.78 is 5.31. The van der Waals surface area contributed by atoms with Gasteiger partial charge in [0.1, 0.15) is 18.1 Å². The maximum Gasteiger partial charge on any atom is 0.129 e. The lowest BCUT2D eigenvalue weighted by molar-refractivity contribution is -0.0270. The van der Waals surface area contributed by atoms with Crippen LogP contribution in [-0.2, 0) is 18.0 Å². The van der Waals surface area contributed by atoms with Gasteiger partial charge in [-0.25, -0.2) is 0 Å². The van der Waals surface area contributed by atoms with Gasteiger partial charge < -0.3 is 9.52 Å². The van der Waals surface area contributed by atoms with Gasteiger partial charge in [-0.2, -0.15) is 5.48 Å². The van der Waals surface area contributed by atoms with E-state index in [1.807, 2.05) is 6.07 Å². The highest BCUT2D eigenvalue weighted by Gasteiger charge is 2.15. The average Bonchev–Trinajstić information content (AvgIpc) is 2.88. The van der Waals surface area contributed by atoms with Crippen molar-refractivity contribution in [3.05, 3.63) is 23.7 Å². The molecule has 0 saturated heterocycles. The second kappa shape index (κ2) is 5.30. The van der Waals surface area contributed by atoms with Gasteiger partial charge in [-0.15, -0.1) is 0 Å². The van der Waals surface area contributed by atoms with Crippen LogP contribution in [0.2, 0.25) is 0 Å². The Bertz CT molecular complexity index is 292. The van der Waals surface area contributed by atoms with Gasteiger partial charge in [0.2, 0.25) is 0 Å². The van der Waals surface area contributed by atoms with Crippen molar-refractivity contribution in [2.24, 2.45) is 0 Å². The minimum atomic E-state index is -0.0521. The Morgan fingerprint density at radius 3 is 2.73 bits per heavy atom. The number of hydrogen-bond donors (Lipinski definition) is 2. The van der Waals surface area contributed by atoms with Crippen molar-refractivity contribution in [3.63, 3.8) is 0 Å². The van der Waals surface area contributed by atoms with Gasteiger partial charge in [-0.3, -0.25) is 4.84 Å². The van der Waals surface area contributed by atoms with Crippen molar-refractivity contribution in [1.82, 2.24) is 5.48 Å². The fraction of sp³-hybridized carbons (Fsp3) is 0.636. The highest BCUT2D eigenvalue weighted by Crippen LogP contribution is 2.20. The second-order valence-electron chi connectivity index (χ2n) is 3.87.